The van der Waals surface area contributed by atoms with E-state index in [1.807, 2.05) is 0 Å². The first-order chi connectivity index (χ1) is 8.30. The lowest BCUT2D eigenvalue weighted by molar-refractivity contribution is 0.109. The second kappa shape index (κ2) is 5.29. The molecule has 0 saturated heterocycles. The first-order valence-electron chi connectivity index (χ1n) is 5.99. The van der Waals surface area contributed by atoms with E-state index in [2.05, 4.69) is 34.1 Å². The second-order valence-corrected chi connectivity index (χ2v) is 3.92. The fraction of sp³-hybridized carbons (Fsp3) is 0.636. The third-order valence-electron chi connectivity index (χ3n) is 2.99. The van der Waals surface area contributed by atoms with E-state index in [1.165, 1.54) is 0 Å². The van der Waals surface area contributed by atoms with E-state index in [-0.39, 0.29) is 0 Å². The van der Waals surface area contributed by atoms with Crippen LogP contribution < -0.4 is 16.2 Å². The largest absolute Gasteiger partial charge is 0.376 e. The maximum absolute atomic E-state index is 5.51. The molecule has 2 heterocycles. The van der Waals surface area contributed by atoms with Gasteiger partial charge in [-0.1, -0.05) is 0 Å². The van der Waals surface area contributed by atoms with Crippen molar-refractivity contribution >= 4 is 11.8 Å². The van der Waals surface area contributed by atoms with Gasteiger partial charge in [-0.2, -0.15) is 4.98 Å². The molecule has 1 aromatic rings. The maximum atomic E-state index is 5.51. The smallest absolute Gasteiger partial charge is 0.227 e. The van der Waals surface area contributed by atoms with E-state index >= 15 is 0 Å². The Kier molecular flexibility index (Phi) is 3.75. The van der Waals surface area contributed by atoms with Gasteiger partial charge in [0.05, 0.1) is 18.9 Å². The van der Waals surface area contributed by atoms with Crippen molar-refractivity contribution in [3.63, 3.8) is 0 Å². The fourth-order valence-corrected chi connectivity index (χ4v) is 1.99. The first kappa shape index (κ1) is 12.1. The summed E-state index contributed by atoms with van der Waals surface area (Å²) in [6.45, 7) is 7.20. The normalized spacial score (nSPS) is 14.3. The van der Waals surface area contributed by atoms with Gasteiger partial charge in [0.1, 0.15) is 0 Å². The van der Waals surface area contributed by atoms with Crippen LogP contribution in [0.3, 0.4) is 0 Å². The minimum Gasteiger partial charge on any atom is -0.376 e. The summed E-state index contributed by atoms with van der Waals surface area (Å²) in [5.41, 5.74) is 4.66. The summed E-state index contributed by atoms with van der Waals surface area (Å²) < 4.78 is 5.40. The minimum atomic E-state index is 0.535. The molecule has 1 aliphatic heterocycles. The molecule has 3 N–H and O–H groups in total. The highest BCUT2D eigenvalue weighted by Gasteiger charge is 2.19. The van der Waals surface area contributed by atoms with Crippen LogP contribution in [0.1, 0.15) is 25.1 Å². The third-order valence-corrected chi connectivity index (χ3v) is 2.99. The molecule has 0 bridgehead atoms. The van der Waals surface area contributed by atoms with Crippen molar-refractivity contribution in [3.05, 3.63) is 11.3 Å². The van der Waals surface area contributed by atoms with Gasteiger partial charge in [-0.15, -0.1) is 0 Å². The lowest BCUT2D eigenvalue weighted by atomic mass is 10.1. The Morgan fingerprint density at radius 2 is 2.12 bits per heavy atom. The summed E-state index contributed by atoms with van der Waals surface area (Å²) >= 11 is 0. The topological polar surface area (TPSA) is 76.3 Å². The summed E-state index contributed by atoms with van der Waals surface area (Å²) in [5, 5.41) is 0. The highest BCUT2D eigenvalue weighted by atomic mass is 16.5. The Hall–Kier alpha value is -1.40. The number of nitrogen functional groups attached to an aromatic ring is 1. The molecule has 0 amide bonds. The first-order valence-corrected chi connectivity index (χ1v) is 5.99. The zero-order valence-corrected chi connectivity index (χ0v) is 10.4. The van der Waals surface area contributed by atoms with Crippen LogP contribution in [0.5, 0.6) is 0 Å². The molecule has 0 fully saturated rings. The number of ether oxygens (including phenoxy) is 1. The van der Waals surface area contributed by atoms with E-state index < -0.39 is 0 Å². The van der Waals surface area contributed by atoms with Crippen LogP contribution in [0.25, 0.3) is 0 Å². The van der Waals surface area contributed by atoms with Crippen LogP contribution in [0.2, 0.25) is 0 Å². The molecule has 2 rings (SSSR count). The number of hydrogen-bond acceptors (Lipinski definition) is 6. The highest BCUT2D eigenvalue weighted by molar-refractivity contribution is 5.51. The Balaban J connectivity index is 2.42. The monoisotopic (exact) mass is 237 g/mol. The maximum Gasteiger partial charge on any atom is 0.227 e. The zero-order valence-electron chi connectivity index (χ0n) is 10.4. The number of hydrogen-bond donors (Lipinski definition) is 2. The number of fused-ring (bicyclic) bond motifs is 1. The number of nitrogens with zero attached hydrogens (tertiary/aromatic N) is 3. The molecule has 0 aliphatic carbocycles. The molecular formula is C11H19N5O. The molecule has 0 spiro atoms. The van der Waals surface area contributed by atoms with Gasteiger partial charge in [0, 0.05) is 25.1 Å². The molecule has 17 heavy (non-hydrogen) atoms. The summed E-state index contributed by atoms with van der Waals surface area (Å²) in [5.74, 6) is 6.93. The number of nitrogens with one attached hydrogen (secondary N) is 1. The van der Waals surface area contributed by atoms with Crippen LogP contribution in [0.4, 0.5) is 11.8 Å². The van der Waals surface area contributed by atoms with Crippen molar-refractivity contribution in [3.8, 4) is 0 Å². The van der Waals surface area contributed by atoms with E-state index in [0.717, 1.165) is 36.7 Å². The number of anilines is 2. The van der Waals surface area contributed by atoms with E-state index in [9.17, 15) is 0 Å². The van der Waals surface area contributed by atoms with Gasteiger partial charge in [0.25, 0.3) is 0 Å². The predicted octanol–water partition coefficient (Wildman–Crippen LogP) is 0.681. The Morgan fingerprint density at radius 1 is 1.35 bits per heavy atom. The van der Waals surface area contributed by atoms with Crippen molar-refractivity contribution < 1.29 is 4.74 Å². The quantitative estimate of drug-likeness (QED) is 0.592. The van der Waals surface area contributed by atoms with Gasteiger partial charge in [-0.05, 0) is 13.8 Å². The average Bonchev–Trinajstić information content (AvgIpc) is 2.39. The SMILES string of the molecule is CCN(CC)c1nc2c(c(NN)n1)COCC2. The minimum absolute atomic E-state index is 0.535. The molecule has 6 nitrogen and oxygen atoms in total. The number of hydrazine groups is 1. The average molecular weight is 237 g/mol. The number of aromatic nitrogens is 2. The molecule has 0 aromatic carbocycles. The summed E-state index contributed by atoms with van der Waals surface area (Å²) in [6.07, 6.45) is 0.820. The summed E-state index contributed by atoms with van der Waals surface area (Å²) in [7, 11) is 0. The van der Waals surface area contributed by atoms with Gasteiger partial charge in [0.15, 0.2) is 5.82 Å². The van der Waals surface area contributed by atoms with Crippen molar-refractivity contribution in [2.45, 2.75) is 26.9 Å². The third kappa shape index (κ3) is 2.32. The zero-order chi connectivity index (χ0) is 12.3. The van der Waals surface area contributed by atoms with Gasteiger partial charge in [-0.3, -0.25) is 0 Å². The molecular weight excluding hydrogens is 218 g/mol. The molecule has 1 aromatic heterocycles. The lowest BCUT2D eigenvalue weighted by Gasteiger charge is -2.23. The summed E-state index contributed by atoms with van der Waals surface area (Å²) in [4.78, 5) is 11.2. The number of nitrogens with two attached hydrogens (primary N) is 1. The van der Waals surface area contributed by atoms with Gasteiger partial charge >= 0.3 is 0 Å². The fourth-order valence-electron chi connectivity index (χ4n) is 1.99. The molecule has 1 aliphatic rings. The van der Waals surface area contributed by atoms with Crippen molar-refractivity contribution in [1.29, 1.82) is 0 Å². The summed E-state index contributed by atoms with van der Waals surface area (Å²) in [6, 6.07) is 0. The van der Waals surface area contributed by atoms with E-state index in [1.54, 1.807) is 0 Å². The van der Waals surface area contributed by atoms with Crippen LogP contribution in [-0.2, 0) is 17.8 Å². The van der Waals surface area contributed by atoms with Crippen molar-refractivity contribution in [2.75, 3.05) is 30.0 Å². The predicted molar refractivity (Wildman–Crippen MR) is 66.8 cm³/mol. The van der Waals surface area contributed by atoms with Gasteiger partial charge in [-0.25, -0.2) is 10.8 Å². The van der Waals surface area contributed by atoms with E-state index in [4.69, 9.17) is 10.6 Å². The van der Waals surface area contributed by atoms with E-state index in [0.29, 0.717) is 19.0 Å². The molecule has 0 saturated carbocycles. The molecule has 0 radical (unpaired) electrons. The molecule has 0 unspecified atom stereocenters. The highest BCUT2D eigenvalue weighted by Crippen LogP contribution is 2.24. The Labute approximate surface area is 101 Å². The molecule has 6 heteroatoms. The van der Waals surface area contributed by atoms with Gasteiger partial charge in [0.2, 0.25) is 5.95 Å². The van der Waals surface area contributed by atoms with Crippen molar-refractivity contribution in [1.82, 2.24) is 9.97 Å². The molecule has 94 valence electrons. The van der Waals surface area contributed by atoms with Crippen LogP contribution in [0, 0.1) is 0 Å². The van der Waals surface area contributed by atoms with Crippen molar-refractivity contribution in [2.24, 2.45) is 5.84 Å². The standard InChI is InChI=1S/C11H19N5O/c1-3-16(4-2)11-13-9-5-6-17-7-8(9)10(14-11)15-12/h3-7,12H2,1-2H3,(H,13,14,15). The van der Waals surface area contributed by atoms with Gasteiger partial charge < -0.3 is 15.1 Å². The van der Waals surface area contributed by atoms with Crippen LogP contribution >= 0.6 is 0 Å². The lowest BCUT2D eigenvalue weighted by Crippen LogP contribution is -2.27. The second-order valence-electron chi connectivity index (χ2n) is 3.92. The Bertz CT molecular complexity index is 374. The molecule has 0 atom stereocenters. The number of rotatable bonds is 4. The van der Waals surface area contributed by atoms with Crippen LogP contribution in [0.15, 0.2) is 0 Å². The van der Waals surface area contributed by atoms with Crippen LogP contribution in [-0.4, -0.2) is 29.7 Å². The Morgan fingerprint density at radius 3 is 2.76 bits per heavy atom.